The number of rotatable bonds is 5. The van der Waals surface area contributed by atoms with E-state index in [1.165, 1.54) is 0 Å². The molecule has 14 heavy (non-hydrogen) atoms. The lowest BCUT2D eigenvalue weighted by Gasteiger charge is -2.13. The van der Waals surface area contributed by atoms with E-state index in [1.807, 2.05) is 25.5 Å². The van der Waals surface area contributed by atoms with Gasteiger partial charge in [-0.15, -0.1) is 11.8 Å². The third-order valence-corrected chi connectivity index (χ3v) is 3.49. The second-order valence-corrected chi connectivity index (χ2v) is 4.61. The second kappa shape index (κ2) is 5.36. The summed E-state index contributed by atoms with van der Waals surface area (Å²) in [6, 6.07) is 0. The zero-order valence-corrected chi connectivity index (χ0v) is 9.66. The predicted octanol–water partition coefficient (Wildman–Crippen LogP) is 1.30. The Kier molecular flexibility index (Phi) is 4.41. The molecule has 1 rings (SSSR count). The lowest BCUT2D eigenvalue weighted by atomic mass is 10.3. The monoisotopic (exact) mass is 215 g/mol. The molecule has 80 valence electrons. The largest absolute Gasteiger partial charge is 0.392 e. The standard InChI is InChI=1S/C9H17N3OS/c1-4-12-9(10-6-11-12)5-14-8(3)7(2)13/h6-8,13H,4-5H2,1-3H3. The first-order valence-electron chi connectivity index (χ1n) is 4.81. The van der Waals surface area contributed by atoms with Gasteiger partial charge in [-0.3, -0.25) is 0 Å². The van der Waals surface area contributed by atoms with Crippen LogP contribution in [-0.4, -0.2) is 31.2 Å². The summed E-state index contributed by atoms with van der Waals surface area (Å²) >= 11 is 1.70. The molecule has 4 nitrogen and oxygen atoms in total. The van der Waals surface area contributed by atoms with Crippen LogP contribution in [0.5, 0.6) is 0 Å². The first-order chi connectivity index (χ1) is 6.65. The Hall–Kier alpha value is -0.550. The molecule has 5 heteroatoms. The van der Waals surface area contributed by atoms with Crippen LogP contribution in [0, 0.1) is 0 Å². The smallest absolute Gasteiger partial charge is 0.138 e. The van der Waals surface area contributed by atoms with Crippen LogP contribution in [0.3, 0.4) is 0 Å². The van der Waals surface area contributed by atoms with Crippen molar-refractivity contribution in [3.63, 3.8) is 0 Å². The van der Waals surface area contributed by atoms with Crippen LogP contribution in [0.15, 0.2) is 6.33 Å². The Morgan fingerprint density at radius 3 is 2.86 bits per heavy atom. The van der Waals surface area contributed by atoms with Gasteiger partial charge in [0.2, 0.25) is 0 Å². The Labute approximate surface area is 88.7 Å². The molecule has 1 N–H and O–H groups in total. The minimum atomic E-state index is -0.280. The van der Waals surface area contributed by atoms with E-state index in [9.17, 15) is 5.11 Å². The third kappa shape index (κ3) is 2.99. The molecule has 0 saturated heterocycles. The first-order valence-corrected chi connectivity index (χ1v) is 5.86. The van der Waals surface area contributed by atoms with Crippen molar-refractivity contribution in [1.82, 2.24) is 14.8 Å². The summed E-state index contributed by atoms with van der Waals surface area (Å²) in [4.78, 5) is 4.17. The molecule has 0 saturated carbocycles. The molecule has 0 bridgehead atoms. The van der Waals surface area contributed by atoms with Gasteiger partial charge in [-0.1, -0.05) is 6.92 Å². The number of aliphatic hydroxyl groups is 1. The summed E-state index contributed by atoms with van der Waals surface area (Å²) in [5.41, 5.74) is 0. The van der Waals surface area contributed by atoms with Gasteiger partial charge in [-0.25, -0.2) is 9.67 Å². The van der Waals surface area contributed by atoms with E-state index in [0.29, 0.717) is 0 Å². The maximum atomic E-state index is 9.31. The fraction of sp³-hybridized carbons (Fsp3) is 0.778. The number of hydrogen-bond acceptors (Lipinski definition) is 4. The quantitative estimate of drug-likeness (QED) is 0.804. The predicted molar refractivity (Wildman–Crippen MR) is 58.1 cm³/mol. The highest BCUT2D eigenvalue weighted by molar-refractivity contribution is 7.99. The van der Waals surface area contributed by atoms with Crippen molar-refractivity contribution in [2.24, 2.45) is 0 Å². The molecular weight excluding hydrogens is 198 g/mol. The topological polar surface area (TPSA) is 50.9 Å². The fourth-order valence-corrected chi connectivity index (χ4v) is 1.92. The van der Waals surface area contributed by atoms with Crippen molar-refractivity contribution in [1.29, 1.82) is 0 Å². The number of aliphatic hydroxyl groups excluding tert-OH is 1. The molecule has 1 aromatic rings. The van der Waals surface area contributed by atoms with Crippen molar-refractivity contribution in [2.75, 3.05) is 0 Å². The summed E-state index contributed by atoms with van der Waals surface area (Å²) in [6.45, 7) is 6.71. The van der Waals surface area contributed by atoms with E-state index in [4.69, 9.17) is 0 Å². The minimum absolute atomic E-state index is 0.233. The Morgan fingerprint density at radius 1 is 1.57 bits per heavy atom. The normalized spacial score (nSPS) is 15.4. The molecule has 0 aliphatic rings. The van der Waals surface area contributed by atoms with E-state index in [2.05, 4.69) is 10.1 Å². The van der Waals surface area contributed by atoms with Crippen LogP contribution in [0.4, 0.5) is 0 Å². The summed E-state index contributed by atoms with van der Waals surface area (Å²) in [5, 5.41) is 13.6. The highest BCUT2D eigenvalue weighted by atomic mass is 32.2. The molecule has 2 unspecified atom stereocenters. The van der Waals surface area contributed by atoms with Crippen LogP contribution >= 0.6 is 11.8 Å². The lowest BCUT2D eigenvalue weighted by Crippen LogP contribution is -2.16. The van der Waals surface area contributed by atoms with Gasteiger partial charge >= 0.3 is 0 Å². The first kappa shape index (κ1) is 11.5. The molecule has 0 radical (unpaired) electrons. The SMILES string of the molecule is CCn1ncnc1CSC(C)C(C)O. The molecule has 0 aromatic carbocycles. The van der Waals surface area contributed by atoms with E-state index in [1.54, 1.807) is 18.1 Å². The summed E-state index contributed by atoms with van der Waals surface area (Å²) < 4.78 is 1.88. The number of aromatic nitrogens is 3. The summed E-state index contributed by atoms with van der Waals surface area (Å²) in [7, 11) is 0. The molecule has 0 aliphatic carbocycles. The fourth-order valence-electron chi connectivity index (χ4n) is 1.01. The number of hydrogen-bond donors (Lipinski definition) is 1. The van der Waals surface area contributed by atoms with E-state index >= 15 is 0 Å². The zero-order valence-electron chi connectivity index (χ0n) is 8.84. The lowest BCUT2D eigenvalue weighted by molar-refractivity contribution is 0.196. The number of nitrogens with zero attached hydrogens (tertiary/aromatic N) is 3. The Bertz CT molecular complexity index is 275. The number of thioether (sulfide) groups is 1. The van der Waals surface area contributed by atoms with Crippen molar-refractivity contribution >= 4 is 11.8 Å². The van der Waals surface area contributed by atoms with Gasteiger partial charge in [0.15, 0.2) is 0 Å². The number of aryl methyl sites for hydroxylation is 1. The van der Waals surface area contributed by atoms with Gasteiger partial charge in [0.25, 0.3) is 0 Å². The molecule has 0 spiro atoms. The molecule has 0 aliphatic heterocycles. The maximum absolute atomic E-state index is 9.31. The van der Waals surface area contributed by atoms with Gasteiger partial charge in [-0.05, 0) is 13.8 Å². The molecule has 1 aromatic heterocycles. The Balaban J connectivity index is 2.45. The second-order valence-electron chi connectivity index (χ2n) is 3.25. The summed E-state index contributed by atoms with van der Waals surface area (Å²) in [5.74, 6) is 1.78. The van der Waals surface area contributed by atoms with Crippen molar-refractivity contribution < 1.29 is 5.11 Å². The van der Waals surface area contributed by atoms with Crippen LogP contribution < -0.4 is 0 Å². The minimum Gasteiger partial charge on any atom is -0.392 e. The molecule has 2 atom stereocenters. The van der Waals surface area contributed by atoms with Crippen LogP contribution in [0.25, 0.3) is 0 Å². The highest BCUT2D eigenvalue weighted by Gasteiger charge is 2.11. The third-order valence-electron chi connectivity index (χ3n) is 2.15. The van der Waals surface area contributed by atoms with Crippen LogP contribution in [-0.2, 0) is 12.3 Å². The van der Waals surface area contributed by atoms with Crippen molar-refractivity contribution in [3.8, 4) is 0 Å². The average molecular weight is 215 g/mol. The van der Waals surface area contributed by atoms with Crippen LogP contribution in [0.2, 0.25) is 0 Å². The van der Waals surface area contributed by atoms with Gasteiger partial charge < -0.3 is 5.11 Å². The maximum Gasteiger partial charge on any atom is 0.138 e. The Morgan fingerprint density at radius 2 is 2.29 bits per heavy atom. The van der Waals surface area contributed by atoms with Gasteiger partial charge in [0.05, 0.1) is 11.9 Å². The molecule has 1 heterocycles. The van der Waals surface area contributed by atoms with E-state index < -0.39 is 0 Å². The van der Waals surface area contributed by atoms with Gasteiger partial charge in [0.1, 0.15) is 12.2 Å². The summed E-state index contributed by atoms with van der Waals surface area (Å²) in [6.07, 6.45) is 1.30. The van der Waals surface area contributed by atoms with E-state index in [-0.39, 0.29) is 11.4 Å². The zero-order chi connectivity index (χ0) is 10.6. The molecular formula is C9H17N3OS. The van der Waals surface area contributed by atoms with Crippen LogP contribution in [0.1, 0.15) is 26.6 Å². The highest BCUT2D eigenvalue weighted by Crippen LogP contribution is 2.18. The molecule has 0 fully saturated rings. The van der Waals surface area contributed by atoms with Gasteiger partial charge in [0, 0.05) is 11.8 Å². The molecule has 0 amide bonds. The van der Waals surface area contributed by atoms with Crippen molar-refractivity contribution in [2.45, 2.75) is 44.4 Å². The van der Waals surface area contributed by atoms with Crippen molar-refractivity contribution in [3.05, 3.63) is 12.2 Å². The average Bonchev–Trinajstić information content (AvgIpc) is 2.60. The van der Waals surface area contributed by atoms with E-state index in [0.717, 1.165) is 18.1 Å². The van der Waals surface area contributed by atoms with Gasteiger partial charge in [-0.2, -0.15) is 5.10 Å².